The van der Waals surface area contributed by atoms with E-state index in [0.717, 1.165) is 29.5 Å². The molecule has 0 spiro atoms. The van der Waals surface area contributed by atoms with E-state index < -0.39 is 0 Å². The highest BCUT2D eigenvalue weighted by Crippen LogP contribution is 2.36. The van der Waals surface area contributed by atoms with Crippen LogP contribution in [0, 0.1) is 13.8 Å². The SMILES string of the molecule is CCNC(=NCc1cc(Cl)c(OCC)c(OC)c1)NCc1c(C)nn(C)c1C. The fraction of sp³-hybridized carbons (Fsp3) is 0.500. The van der Waals surface area contributed by atoms with Crippen molar-refractivity contribution in [1.82, 2.24) is 20.4 Å². The Hall–Kier alpha value is -2.41. The number of methoxy groups -OCH3 is 1. The average Bonchev–Trinajstić information content (AvgIpc) is 2.91. The van der Waals surface area contributed by atoms with Gasteiger partial charge in [0.1, 0.15) is 0 Å². The van der Waals surface area contributed by atoms with Gasteiger partial charge in [0, 0.05) is 31.4 Å². The second-order valence-corrected chi connectivity index (χ2v) is 6.77. The molecule has 8 heteroatoms. The zero-order valence-corrected chi connectivity index (χ0v) is 18.3. The monoisotopic (exact) mass is 407 g/mol. The van der Waals surface area contributed by atoms with Crippen LogP contribution in [0.4, 0.5) is 0 Å². The van der Waals surface area contributed by atoms with Crippen molar-refractivity contribution in [3.8, 4) is 11.5 Å². The Labute approximate surface area is 172 Å². The Bertz CT molecular complexity index is 832. The van der Waals surface area contributed by atoms with Gasteiger partial charge in [-0.25, -0.2) is 4.99 Å². The standard InChI is InChI=1S/C20H30ClN5O2/c1-7-22-20(24-12-16-13(3)25-26(5)14(16)4)23-11-15-9-17(21)19(28-8-2)18(10-15)27-6/h9-10H,7-8,11-12H2,1-6H3,(H2,22,23,24). The van der Waals surface area contributed by atoms with E-state index in [4.69, 9.17) is 21.1 Å². The second kappa shape index (κ2) is 10.2. The number of aromatic nitrogens is 2. The predicted molar refractivity (Wildman–Crippen MR) is 114 cm³/mol. The van der Waals surface area contributed by atoms with Crippen LogP contribution in [0.1, 0.15) is 36.4 Å². The highest BCUT2D eigenvalue weighted by atomic mass is 35.5. The molecule has 1 aromatic heterocycles. The molecule has 0 radical (unpaired) electrons. The molecule has 0 unspecified atom stereocenters. The third-order valence-corrected chi connectivity index (χ3v) is 4.71. The minimum atomic E-state index is 0.461. The van der Waals surface area contributed by atoms with E-state index in [0.29, 0.717) is 36.2 Å². The maximum atomic E-state index is 6.35. The Morgan fingerprint density at radius 3 is 2.57 bits per heavy atom. The lowest BCUT2D eigenvalue weighted by molar-refractivity contribution is 0.311. The lowest BCUT2D eigenvalue weighted by atomic mass is 10.2. The van der Waals surface area contributed by atoms with Crippen LogP contribution in [-0.2, 0) is 20.1 Å². The molecule has 7 nitrogen and oxygen atoms in total. The van der Waals surface area contributed by atoms with Gasteiger partial charge in [0.25, 0.3) is 0 Å². The number of hydrogen-bond donors (Lipinski definition) is 2. The van der Waals surface area contributed by atoms with Crippen molar-refractivity contribution in [2.45, 2.75) is 40.8 Å². The summed E-state index contributed by atoms with van der Waals surface area (Å²) in [5, 5.41) is 11.6. The predicted octanol–water partition coefficient (Wildman–Crippen LogP) is 3.35. The molecule has 0 atom stereocenters. The summed E-state index contributed by atoms with van der Waals surface area (Å²) in [6.07, 6.45) is 0. The highest BCUT2D eigenvalue weighted by molar-refractivity contribution is 6.32. The number of aryl methyl sites for hydroxylation is 2. The summed E-state index contributed by atoms with van der Waals surface area (Å²) in [4.78, 5) is 4.67. The molecule has 154 valence electrons. The van der Waals surface area contributed by atoms with Gasteiger partial charge >= 0.3 is 0 Å². The first-order valence-electron chi connectivity index (χ1n) is 9.41. The van der Waals surface area contributed by atoms with Gasteiger partial charge in [-0.2, -0.15) is 5.10 Å². The summed E-state index contributed by atoms with van der Waals surface area (Å²) < 4.78 is 12.9. The van der Waals surface area contributed by atoms with Crippen molar-refractivity contribution >= 4 is 17.6 Å². The van der Waals surface area contributed by atoms with E-state index >= 15 is 0 Å². The molecule has 0 aliphatic heterocycles. The summed E-state index contributed by atoms with van der Waals surface area (Å²) in [5.74, 6) is 1.90. The Morgan fingerprint density at radius 1 is 1.25 bits per heavy atom. The van der Waals surface area contributed by atoms with Crippen molar-refractivity contribution < 1.29 is 9.47 Å². The third-order valence-electron chi connectivity index (χ3n) is 4.43. The largest absolute Gasteiger partial charge is 0.493 e. The number of guanidine groups is 1. The Kier molecular flexibility index (Phi) is 7.99. The highest BCUT2D eigenvalue weighted by Gasteiger charge is 2.12. The first-order valence-corrected chi connectivity index (χ1v) is 9.79. The zero-order valence-electron chi connectivity index (χ0n) is 17.5. The Balaban J connectivity index is 2.15. The van der Waals surface area contributed by atoms with Crippen LogP contribution in [-0.4, -0.2) is 36.0 Å². The first-order chi connectivity index (χ1) is 13.4. The van der Waals surface area contributed by atoms with E-state index in [1.807, 2.05) is 44.6 Å². The molecule has 0 aliphatic rings. The van der Waals surface area contributed by atoms with Crippen molar-refractivity contribution in [2.75, 3.05) is 20.3 Å². The summed E-state index contributed by atoms with van der Waals surface area (Å²) in [5.41, 5.74) is 4.28. The third kappa shape index (κ3) is 5.32. The average molecular weight is 408 g/mol. The molecule has 2 N–H and O–H groups in total. The first kappa shape index (κ1) is 21.9. The van der Waals surface area contributed by atoms with Crippen LogP contribution in [0.25, 0.3) is 0 Å². The molecular formula is C20H30ClN5O2. The van der Waals surface area contributed by atoms with E-state index in [2.05, 4.69) is 27.6 Å². The Morgan fingerprint density at radius 2 is 2.00 bits per heavy atom. The number of nitrogens with zero attached hydrogens (tertiary/aromatic N) is 3. The van der Waals surface area contributed by atoms with Gasteiger partial charge in [-0.05, 0) is 45.4 Å². The maximum absolute atomic E-state index is 6.35. The summed E-state index contributed by atoms with van der Waals surface area (Å²) in [6, 6.07) is 3.76. The van der Waals surface area contributed by atoms with Gasteiger partial charge in [0.2, 0.25) is 0 Å². The smallest absolute Gasteiger partial charge is 0.191 e. The number of hydrogen-bond acceptors (Lipinski definition) is 4. The van der Waals surface area contributed by atoms with Gasteiger partial charge in [-0.15, -0.1) is 0 Å². The van der Waals surface area contributed by atoms with Crippen molar-refractivity contribution in [3.63, 3.8) is 0 Å². The van der Waals surface area contributed by atoms with Gasteiger partial charge in [-0.1, -0.05) is 11.6 Å². The number of rotatable bonds is 8. The normalized spacial score (nSPS) is 11.5. The van der Waals surface area contributed by atoms with Crippen molar-refractivity contribution in [3.05, 3.63) is 39.7 Å². The molecule has 0 saturated carbocycles. The second-order valence-electron chi connectivity index (χ2n) is 6.36. The van der Waals surface area contributed by atoms with Gasteiger partial charge in [0.05, 0.1) is 31.0 Å². The van der Waals surface area contributed by atoms with E-state index in [1.54, 1.807) is 7.11 Å². The van der Waals surface area contributed by atoms with Gasteiger partial charge < -0.3 is 20.1 Å². The fourth-order valence-electron chi connectivity index (χ4n) is 2.91. The maximum Gasteiger partial charge on any atom is 0.191 e. The van der Waals surface area contributed by atoms with Crippen LogP contribution < -0.4 is 20.1 Å². The molecule has 28 heavy (non-hydrogen) atoms. The van der Waals surface area contributed by atoms with E-state index in [-0.39, 0.29) is 0 Å². The lowest BCUT2D eigenvalue weighted by Gasteiger charge is -2.14. The van der Waals surface area contributed by atoms with Crippen molar-refractivity contribution in [1.29, 1.82) is 0 Å². The molecular weight excluding hydrogens is 378 g/mol. The van der Waals surface area contributed by atoms with Crippen LogP contribution in [0.5, 0.6) is 11.5 Å². The van der Waals surface area contributed by atoms with Crippen LogP contribution >= 0.6 is 11.6 Å². The van der Waals surface area contributed by atoms with Crippen LogP contribution in [0.2, 0.25) is 5.02 Å². The molecule has 0 saturated heterocycles. The molecule has 1 heterocycles. The summed E-state index contributed by atoms with van der Waals surface area (Å²) in [6.45, 7) is 10.4. The number of ether oxygens (including phenoxy) is 2. The van der Waals surface area contributed by atoms with Gasteiger partial charge in [-0.3, -0.25) is 4.68 Å². The number of aliphatic imine (C=N–C) groups is 1. The number of benzene rings is 1. The van der Waals surface area contributed by atoms with Crippen LogP contribution in [0.15, 0.2) is 17.1 Å². The molecule has 2 rings (SSSR count). The lowest BCUT2D eigenvalue weighted by Crippen LogP contribution is -2.37. The molecule has 0 bridgehead atoms. The number of halogens is 1. The van der Waals surface area contributed by atoms with E-state index in [9.17, 15) is 0 Å². The topological polar surface area (TPSA) is 72.7 Å². The summed E-state index contributed by atoms with van der Waals surface area (Å²) in [7, 11) is 3.56. The molecule has 0 fully saturated rings. The number of nitrogens with one attached hydrogen (secondary N) is 2. The zero-order chi connectivity index (χ0) is 20.7. The van der Waals surface area contributed by atoms with Gasteiger partial charge in [0.15, 0.2) is 17.5 Å². The summed E-state index contributed by atoms with van der Waals surface area (Å²) >= 11 is 6.35. The molecule has 0 amide bonds. The minimum Gasteiger partial charge on any atom is -0.493 e. The van der Waals surface area contributed by atoms with Crippen LogP contribution in [0.3, 0.4) is 0 Å². The molecule has 2 aromatic rings. The minimum absolute atomic E-state index is 0.461. The molecule has 1 aromatic carbocycles. The van der Waals surface area contributed by atoms with E-state index in [1.165, 1.54) is 5.56 Å². The van der Waals surface area contributed by atoms with Crippen molar-refractivity contribution in [2.24, 2.45) is 12.0 Å². The quantitative estimate of drug-likeness (QED) is 0.518. The fourth-order valence-corrected chi connectivity index (χ4v) is 3.19. The molecule has 0 aliphatic carbocycles.